The maximum absolute atomic E-state index is 3.16. The molecular weight excluding hydrogens is 627 g/mol. The molecule has 0 bridgehead atoms. The van der Waals surface area contributed by atoms with Crippen LogP contribution < -0.4 is 0 Å². The summed E-state index contributed by atoms with van der Waals surface area (Å²) in [4.78, 5) is 2.37. The van der Waals surface area contributed by atoms with Crippen molar-refractivity contribution in [1.29, 1.82) is 0 Å². The van der Waals surface area contributed by atoms with E-state index in [2.05, 4.69) is 172 Å². The van der Waals surface area contributed by atoms with Gasteiger partial charge in [-0.3, -0.25) is 4.90 Å². The van der Waals surface area contributed by atoms with Gasteiger partial charge < -0.3 is 0 Å². The normalized spacial score (nSPS) is 14.6. The van der Waals surface area contributed by atoms with Crippen molar-refractivity contribution in [1.82, 2.24) is 4.90 Å². The van der Waals surface area contributed by atoms with Crippen LogP contribution in [-0.4, -0.2) is 11.9 Å². The van der Waals surface area contributed by atoms with Gasteiger partial charge in [-0.2, -0.15) is 0 Å². The molecule has 1 heteroatoms. The standard InChI is InChI=1S/C14H16.C14H14.C12H14.C11H15N/c2*1-4-5-12-8-13-10(2)6-7-11(3)14(13)9-12;1-8-6-11-9(2)4-5-10(3)12(11)7-8;1-8-4-5-9(2)11-7-12(3)6-10(8)11/h4-8H,9H2,1-3H3;6-8H,9H2,1-3H3;4-6H,7H2,1-3H3;4-5H,6-7H2,1-3H3/b5-4+;;;. The Morgan fingerprint density at radius 3 is 1.33 bits per heavy atom. The van der Waals surface area contributed by atoms with Gasteiger partial charge in [0.25, 0.3) is 0 Å². The lowest BCUT2D eigenvalue weighted by atomic mass is 9.99. The smallest absolute Gasteiger partial charge is 0.0240 e. The molecule has 0 spiro atoms. The second-order valence-corrected chi connectivity index (χ2v) is 15.4. The molecule has 0 amide bonds. The Morgan fingerprint density at radius 2 is 0.904 bits per heavy atom. The molecule has 0 fully saturated rings. The summed E-state index contributed by atoms with van der Waals surface area (Å²) < 4.78 is 0. The molecule has 0 atom stereocenters. The van der Waals surface area contributed by atoms with Gasteiger partial charge in [0.15, 0.2) is 0 Å². The van der Waals surface area contributed by atoms with Crippen molar-refractivity contribution in [3.8, 4) is 11.8 Å². The van der Waals surface area contributed by atoms with Crippen LogP contribution in [0.15, 0.2) is 77.4 Å². The van der Waals surface area contributed by atoms with Crippen LogP contribution in [0.3, 0.4) is 0 Å². The molecule has 1 nitrogen and oxygen atoms in total. The van der Waals surface area contributed by atoms with Crippen molar-refractivity contribution in [2.24, 2.45) is 0 Å². The van der Waals surface area contributed by atoms with E-state index in [0.29, 0.717) is 0 Å². The number of hydrogen-bond donors (Lipinski definition) is 0. The number of allylic oxidation sites excluding steroid dienone is 5. The maximum Gasteiger partial charge on any atom is 0.0240 e. The second-order valence-electron chi connectivity index (χ2n) is 15.4. The summed E-state index contributed by atoms with van der Waals surface area (Å²) in [5, 5.41) is 0. The molecule has 4 aromatic rings. The third-order valence-electron chi connectivity index (χ3n) is 11.1. The Hall–Kier alpha value is -4.64. The third kappa shape index (κ3) is 8.69. The minimum absolute atomic E-state index is 1.02. The molecule has 0 saturated carbocycles. The van der Waals surface area contributed by atoms with Crippen molar-refractivity contribution in [2.45, 2.75) is 109 Å². The van der Waals surface area contributed by atoms with Gasteiger partial charge in [-0.25, -0.2) is 0 Å². The van der Waals surface area contributed by atoms with Gasteiger partial charge in [0.05, 0.1) is 0 Å². The first kappa shape index (κ1) is 38.6. The van der Waals surface area contributed by atoms with Gasteiger partial charge >= 0.3 is 0 Å². The molecule has 0 radical (unpaired) electrons. The maximum atomic E-state index is 3.16. The summed E-state index contributed by atoms with van der Waals surface area (Å²) in [6, 6.07) is 17.7. The summed E-state index contributed by atoms with van der Waals surface area (Å²) in [5.41, 5.74) is 27.4. The van der Waals surface area contributed by atoms with Crippen LogP contribution in [0.5, 0.6) is 0 Å². The van der Waals surface area contributed by atoms with Crippen molar-refractivity contribution >= 4 is 18.2 Å². The summed E-state index contributed by atoms with van der Waals surface area (Å²) >= 11 is 0. The van der Waals surface area contributed by atoms with E-state index in [1.807, 2.05) is 6.92 Å². The Morgan fingerprint density at radius 1 is 0.500 bits per heavy atom. The van der Waals surface area contributed by atoms with E-state index in [4.69, 9.17) is 0 Å². The van der Waals surface area contributed by atoms with E-state index in [1.54, 1.807) is 11.1 Å². The molecule has 0 N–H and O–H groups in total. The highest BCUT2D eigenvalue weighted by atomic mass is 15.1. The number of benzene rings is 4. The van der Waals surface area contributed by atoms with Crippen molar-refractivity contribution < 1.29 is 0 Å². The number of hydrogen-bond acceptors (Lipinski definition) is 1. The zero-order valence-electron chi connectivity index (χ0n) is 34.0. The monoisotopic (exact) mass is 685 g/mol. The quantitative estimate of drug-likeness (QED) is 0.180. The van der Waals surface area contributed by atoms with Crippen LogP contribution in [-0.2, 0) is 32.4 Å². The number of aryl methyl sites for hydroxylation is 8. The Kier molecular flexibility index (Phi) is 12.5. The predicted molar refractivity (Wildman–Crippen MR) is 228 cm³/mol. The van der Waals surface area contributed by atoms with Crippen LogP contribution in [0.25, 0.3) is 18.2 Å². The molecule has 3 aliphatic carbocycles. The largest absolute Gasteiger partial charge is 0.298 e. The molecule has 8 rings (SSSR count). The molecule has 4 aliphatic rings. The topological polar surface area (TPSA) is 3.24 Å². The fourth-order valence-corrected chi connectivity index (χ4v) is 7.94. The summed E-state index contributed by atoms with van der Waals surface area (Å²) in [6.07, 6.45) is 14.5. The van der Waals surface area contributed by atoms with Crippen molar-refractivity contribution in [3.63, 3.8) is 0 Å². The van der Waals surface area contributed by atoms with E-state index in [-0.39, 0.29) is 0 Å². The fourth-order valence-electron chi connectivity index (χ4n) is 7.94. The lowest BCUT2D eigenvalue weighted by Crippen LogP contribution is -2.07. The van der Waals surface area contributed by atoms with Crippen molar-refractivity contribution in [3.05, 3.63) is 166 Å². The number of rotatable bonds is 1. The van der Waals surface area contributed by atoms with E-state index < -0.39 is 0 Å². The molecule has 4 aromatic carbocycles. The van der Waals surface area contributed by atoms with Crippen LogP contribution in [0.1, 0.15) is 110 Å². The number of nitrogens with zero attached hydrogens (tertiary/aromatic N) is 1. The van der Waals surface area contributed by atoms with Crippen molar-refractivity contribution in [2.75, 3.05) is 7.05 Å². The molecule has 52 heavy (non-hydrogen) atoms. The average molecular weight is 686 g/mol. The first-order valence-corrected chi connectivity index (χ1v) is 19.0. The van der Waals surface area contributed by atoms with E-state index in [1.165, 1.54) is 94.6 Å². The van der Waals surface area contributed by atoms with Gasteiger partial charge in [-0.1, -0.05) is 84.3 Å². The van der Waals surface area contributed by atoms with Crippen LogP contribution >= 0.6 is 0 Å². The zero-order chi connectivity index (χ0) is 37.7. The van der Waals surface area contributed by atoms with E-state index in [0.717, 1.165) is 32.4 Å². The fraction of sp³-hybridized carbons (Fsp3) is 0.333. The summed E-state index contributed by atoms with van der Waals surface area (Å²) in [6.45, 7) is 26.0. The molecule has 0 saturated heterocycles. The summed E-state index contributed by atoms with van der Waals surface area (Å²) in [7, 11) is 2.18. The Labute approximate surface area is 315 Å². The second kappa shape index (κ2) is 16.8. The highest BCUT2D eigenvalue weighted by molar-refractivity contribution is 5.72. The Balaban J connectivity index is 0.000000134. The predicted octanol–water partition coefficient (Wildman–Crippen LogP) is 12.6. The lowest BCUT2D eigenvalue weighted by molar-refractivity contribution is 0.352. The van der Waals surface area contributed by atoms with E-state index >= 15 is 0 Å². The van der Waals surface area contributed by atoms with Crippen LogP contribution in [0.2, 0.25) is 0 Å². The van der Waals surface area contributed by atoms with Gasteiger partial charge in [0.1, 0.15) is 0 Å². The average Bonchev–Trinajstić information content (AvgIpc) is 3.92. The summed E-state index contributed by atoms with van der Waals surface area (Å²) in [5.74, 6) is 6.12. The van der Waals surface area contributed by atoms with E-state index in [9.17, 15) is 0 Å². The molecule has 1 heterocycles. The minimum atomic E-state index is 1.02. The highest BCUT2D eigenvalue weighted by Gasteiger charge is 2.19. The lowest BCUT2D eigenvalue weighted by Gasteiger charge is -2.05. The molecule has 268 valence electrons. The zero-order valence-corrected chi connectivity index (χ0v) is 34.0. The molecule has 0 unspecified atom stereocenters. The first-order valence-electron chi connectivity index (χ1n) is 19.0. The van der Waals surface area contributed by atoms with Crippen LogP contribution in [0.4, 0.5) is 0 Å². The number of fused-ring (bicyclic) bond motifs is 4. The molecular formula is C51H59N. The molecule has 0 aromatic heterocycles. The van der Waals surface area contributed by atoms with Gasteiger partial charge in [0, 0.05) is 25.1 Å². The minimum Gasteiger partial charge on any atom is -0.298 e. The van der Waals surface area contributed by atoms with Gasteiger partial charge in [-0.15, -0.1) is 5.92 Å². The van der Waals surface area contributed by atoms with Gasteiger partial charge in [-0.05, 0) is 197 Å². The highest BCUT2D eigenvalue weighted by Crippen LogP contribution is 2.32. The third-order valence-corrected chi connectivity index (χ3v) is 11.1. The molecule has 1 aliphatic heterocycles. The SMILES string of the molecule is C/C=C/C1=Cc2c(C)ccc(C)c2C1.CC#CC1=Cc2c(C)ccc(C)c2C1.CC1=Cc2c(C)ccc(C)c2C1.Cc1ccc(C)c2c1CN(C)C2. The first-order chi connectivity index (χ1) is 24.8. The van der Waals surface area contributed by atoms with Crippen LogP contribution in [0, 0.1) is 67.2 Å². The van der Waals surface area contributed by atoms with Gasteiger partial charge in [0.2, 0.25) is 0 Å². The Bertz CT molecular complexity index is 2140.